The Balaban J connectivity index is 0.000000595. The Morgan fingerprint density at radius 1 is 0.480 bits per heavy atom. The summed E-state index contributed by atoms with van der Waals surface area (Å²) in [5, 5.41) is 8.33. The number of nitrogens with two attached hydrogens (primary N) is 5. The molecule has 300 valence electrons. The van der Waals surface area contributed by atoms with Gasteiger partial charge in [-0.1, -0.05) is 96.3 Å². The van der Waals surface area contributed by atoms with E-state index in [4.69, 9.17) is 53.3 Å². The van der Waals surface area contributed by atoms with Crippen molar-refractivity contribution in [1.29, 1.82) is 0 Å². The molecule has 0 aromatic heterocycles. The van der Waals surface area contributed by atoms with E-state index in [1.165, 1.54) is 161 Å². The molecule has 1 unspecified atom stereocenters. The highest BCUT2D eigenvalue weighted by Gasteiger charge is 2.30. The lowest BCUT2D eigenvalue weighted by molar-refractivity contribution is -0.147. The lowest BCUT2D eigenvalue weighted by Crippen LogP contribution is -2.27. The molecule has 0 amide bonds. The number of phosphoric acid groups is 2. The molecule has 5 saturated carbocycles. The highest BCUT2D eigenvalue weighted by molar-refractivity contribution is 7.46. The van der Waals surface area contributed by atoms with Crippen LogP contribution in [0.4, 0.5) is 0 Å². The number of carboxylic acids is 1. The summed E-state index contributed by atoms with van der Waals surface area (Å²) in [6, 6.07) is 2.68. The van der Waals surface area contributed by atoms with E-state index in [1.54, 1.807) is 0 Å². The van der Waals surface area contributed by atoms with E-state index in [-0.39, 0.29) is 0 Å². The van der Waals surface area contributed by atoms with Gasteiger partial charge in [0.1, 0.15) is 0 Å². The topological polar surface area (TPSA) is 301 Å². The van der Waals surface area contributed by atoms with Crippen molar-refractivity contribution in [1.82, 2.24) is 0 Å². The predicted molar refractivity (Wildman–Crippen MR) is 198 cm³/mol. The van der Waals surface area contributed by atoms with E-state index in [1.807, 2.05) is 0 Å². The molecule has 0 bridgehead atoms. The standard InChI is InChI=1S/5C6H13N.C3H8O10P2/c5*7-6-4-2-1-3-5-6;4-3(5)2(13-15(9,10)11)1-12-14(6,7)8/h5*6H,1-5,7H2;2H,1H2,(H,4,5)(H2,6,7,8)(H2,9,10,11). The van der Waals surface area contributed by atoms with Gasteiger partial charge in [-0.25, -0.2) is 13.9 Å². The molecule has 5 rings (SSSR count). The fraction of sp³-hybridized carbons (Fsp3) is 0.970. The Morgan fingerprint density at radius 3 is 0.820 bits per heavy atom. The van der Waals surface area contributed by atoms with Gasteiger partial charge in [-0.3, -0.25) is 9.05 Å². The molecule has 15 N–H and O–H groups in total. The van der Waals surface area contributed by atoms with E-state index in [0.29, 0.717) is 30.2 Å². The van der Waals surface area contributed by atoms with Crippen LogP contribution in [-0.4, -0.2) is 73.6 Å². The summed E-state index contributed by atoms with van der Waals surface area (Å²) in [6.07, 6.45) is 31.1. The highest BCUT2D eigenvalue weighted by Crippen LogP contribution is 2.40. The van der Waals surface area contributed by atoms with Crippen molar-refractivity contribution in [2.45, 2.75) is 197 Å². The van der Waals surface area contributed by atoms with Crippen molar-refractivity contribution < 1.29 is 47.7 Å². The molecule has 0 aromatic rings. The van der Waals surface area contributed by atoms with Gasteiger partial charge in [0.25, 0.3) is 0 Å². The van der Waals surface area contributed by atoms with Crippen LogP contribution < -0.4 is 28.7 Å². The molecule has 5 aliphatic rings. The molecule has 0 aromatic carbocycles. The first kappa shape index (κ1) is 49.5. The summed E-state index contributed by atoms with van der Waals surface area (Å²) in [7, 11) is -9.99. The van der Waals surface area contributed by atoms with Crippen LogP contribution in [0.25, 0.3) is 0 Å². The average Bonchev–Trinajstić information content (AvgIpc) is 3.05. The van der Waals surface area contributed by atoms with Crippen LogP contribution >= 0.6 is 15.6 Å². The van der Waals surface area contributed by atoms with Gasteiger partial charge in [0.2, 0.25) is 0 Å². The maximum atomic E-state index is 10.3. The van der Waals surface area contributed by atoms with Crippen LogP contribution in [0.2, 0.25) is 0 Å². The normalized spacial score (nSPS) is 22.2. The second kappa shape index (κ2) is 29.9. The summed E-state index contributed by atoms with van der Waals surface area (Å²) in [5.41, 5.74) is 28.2. The van der Waals surface area contributed by atoms with Crippen LogP contribution in [-0.2, 0) is 23.0 Å². The minimum absolute atomic E-state index is 0.536. The van der Waals surface area contributed by atoms with Gasteiger partial charge in [-0.15, -0.1) is 0 Å². The van der Waals surface area contributed by atoms with Crippen molar-refractivity contribution >= 4 is 21.6 Å². The van der Waals surface area contributed by atoms with Gasteiger partial charge in [0.05, 0.1) is 6.61 Å². The van der Waals surface area contributed by atoms with Crippen LogP contribution in [0.1, 0.15) is 161 Å². The molecule has 17 heteroatoms. The largest absolute Gasteiger partial charge is 0.479 e. The Hall–Kier alpha value is -0.510. The van der Waals surface area contributed by atoms with Crippen molar-refractivity contribution in [3.8, 4) is 0 Å². The summed E-state index contributed by atoms with van der Waals surface area (Å²) in [4.78, 5) is 43.2. The summed E-state index contributed by atoms with van der Waals surface area (Å²) in [6.45, 7) is -1.19. The summed E-state index contributed by atoms with van der Waals surface area (Å²) in [5.74, 6) is -1.83. The number of rotatable bonds is 6. The van der Waals surface area contributed by atoms with Crippen LogP contribution in [0, 0.1) is 0 Å². The maximum absolute atomic E-state index is 10.3. The lowest BCUT2D eigenvalue weighted by Gasteiger charge is -2.15. The lowest BCUT2D eigenvalue weighted by atomic mass is 9.97. The second-order valence-corrected chi connectivity index (χ2v) is 16.6. The van der Waals surface area contributed by atoms with Gasteiger partial charge in [-0.05, 0) is 64.2 Å². The Morgan fingerprint density at radius 2 is 0.700 bits per heavy atom. The third-order valence-corrected chi connectivity index (χ3v) is 10.2. The second-order valence-electron chi connectivity index (χ2n) is 14.2. The molecule has 0 aliphatic heterocycles. The zero-order valence-electron chi connectivity index (χ0n) is 30.4. The third-order valence-electron chi connectivity index (χ3n) is 9.18. The third kappa shape index (κ3) is 34.6. The zero-order chi connectivity index (χ0) is 37.8. The average molecular weight is 762 g/mol. The summed E-state index contributed by atoms with van der Waals surface area (Å²) >= 11 is 0. The van der Waals surface area contributed by atoms with Crippen LogP contribution in [0.5, 0.6) is 0 Å². The number of aliphatic carboxylic acids is 1. The molecule has 50 heavy (non-hydrogen) atoms. The fourth-order valence-corrected chi connectivity index (χ4v) is 6.96. The van der Waals surface area contributed by atoms with Crippen LogP contribution in [0.3, 0.4) is 0 Å². The number of carbonyl (C=O) groups is 1. The molecule has 5 fully saturated rings. The van der Waals surface area contributed by atoms with Crippen molar-refractivity contribution in [2.24, 2.45) is 28.7 Å². The molecule has 0 radical (unpaired) electrons. The Kier molecular flexibility index (Phi) is 29.6. The minimum atomic E-state index is -5.07. The van der Waals surface area contributed by atoms with Crippen molar-refractivity contribution in [3.63, 3.8) is 0 Å². The van der Waals surface area contributed by atoms with Crippen LogP contribution in [0.15, 0.2) is 0 Å². The van der Waals surface area contributed by atoms with E-state index in [2.05, 4.69) is 9.05 Å². The number of phosphoric ester groups is 2. The molecule has 0 spiro atoms. The monoisotopic (exact) mass is 761 g/mol. The highest BCUT2D eigenvalue weighted by atomic mass is 31.2. The van der Waals surface area contributed by atoms with Gasteiger partial charge < -0.3 is 53.3 Å². The molecule has 1 atom stereocenters. The first-order valence-electron chi connectivity index (χ1n) is 18.9. The van der Waals surface area contributed by atoms with Crippen molar-refractivity contribution in [3.05, 3.63) is 0 Å². The molecular formula is C33H73N5O10P2. The van der Waals surface area contributed by atoms with E-state index in [9.17, 15) is 13.9 Å². The molecular weight excluding hydrogens is 688 g/mol. The molecule has 15 nitrogen and oxygen atoms in total. The van der Waals surface area contributed by atoms with Gasteiger partial charge in [0, 0.05) is 30.2 Å². The van der Waals surface area contributed by atoms with E-state index >= 15 is 0 Å². The van der Waals surface area contributed by atoms with E-state index in [0.717, 1.165) is 0 Å². The first-order valence-corrected chi connectivity index (χ1v) is 22.0. The predicted octanol–water partition coefficient (Wildman–Crippen LogP) is 5.05. The van der Waals surface area contributed by atoms with Gasteiger partial charge >= 0.3 is 21.6 Å². The zero-order valence-corrected chi connectivity index (χ0v) is 32.2. The van der Waals surface area contributed by atoms with E-state index < -0.39 is 34.3 Å². The Bertz CT molecular complexity index is 806. The SMILES string of the molecule is NC1CCCCC1.NC1CCCCC1.NC1CCCCC1.NC1CCCCC1.NC1CCCCC1.O=C(O)C(COP(=O)(O)O)OP(=O)(O)O. The molecule has 0 heterocycles. The minimum Gasteiger partial charge on any atom is -0.479 e. The fourth-order valence-electron chi connectivity index (χ4n) is 6.15. The van der Waals surface area contributed by atoms with Gasteiger partial charge in [0.15, 0.2) is 6.10 Å². The van der Waals surface area contributed by atoms with Crippen molar-refractivity contribution in [2.75, 3.05) is 6.61 Å². The number of carboxylic acid groups (broad SMARTS) is 1. The Labute approximate surface area is 301 Å². The summed E-state index contributed by atoms with van der Waals surface area (Å²) < 4.78 is 27.8. The number of hydrogen-bond acceptors (Lipinski definition) is 10. The molecule has 5 aliphatic carbocycles. The number of hydrogen-bond donors (Lipinski definition) is 10. The smallest absolute Gasteiger partial charge is 0.470 e. The van der Waals surface area contributed by atoms with Gasteiger partial charge in [-0.2, -0.15) is 0 Å². The maximum Gasteiger partial charge on any atom is 0.470 e. The first-order chi connectivity index (χ1) is 23.5. The quantitative estimate of drug-likeness (QED) is 0.158. The molecule has 0 saturated heterocycles.